The molecule has 1 N–H and O–H groups in total. The number of hydrogen-bond donors (Lipinski definition) is 1. The van der Waals surface area contributed by atoms with Crippen molar-refractivity contribution in [1.29, 1.82) is 0 Å². The summed E-state index contributed by atoms with van der Waals surface area (Å²) in [6.45, 7) is 5.50. The van der Waals surface area contributed by atoms with Gasteiger partial charge in [0.2, 0.25) is 5.82 Å². The van der Waals surface area contributed by atoms with Gasteiger partial charge < -0.3 is 10.1 Å². The highest BCUT2D eigenvalue weighted by Gasteiger charge is 2.34. The summed E-state index contributed by atoms with van der Waals surface area (Å²) >= 11 is 0. The Morgan fingerprint density at radius 3 is 2.30 bits per heavy atom. The summed E-state index contributed by atoms with van der Waals surface area (Å²) in [5.74, 6) is -0.803. The van der Waals surface area contributed by atoms with Gasteiger partial charge in [0.1, 0.15) is 0 Å². The summed E-state index contributed by atoms with van der Waals surface area (Å²) in [4.78, 5) is 22.2. The average molecular weight is 643 g/mol. The van der Waals surface area contributed by atoms with Crippen LogP contribution in [-0.4, -0.2) is 63.9 Å². The second-order valence-electron chi connectivity index (χ2n) is 12.0. The number of aryl methyl sites for hydroxylation is 1. The van der Waals surface area contributed by atoms with Gasteiger partial charge in [0, 0.05) is 55.3 Å². The molecule has 3 heterocycles. The molecule has 47 heavy (non-hydrogen) atoms. The van der Waals surface area contributed by atoms with E-state index in [1.807, 2.05) is 66.2 Å². The number of carbonyl (C=O) groups is 1. The van der Waals surface area contributed by atoms with Gasteiger partial charge in [-0.15, -0.1) is 0 Å². The Kier molecular flexibility index (Phi) is 9.65. The van der Waals surface area contributed by atoms with Gasteiger partial charge in [-0.2, -0.15) is 18.3 Å². The Bertz CT molecular complexity index is 1800. The third kappa shape index (κ3) is 7.36. The lowest BCUT2D eigenvalue weighted by Gasteiger charge is -2.38. The molecule has 0 saturated carbocycles. The zero-order valence-electron chi connectivity index (χ0n) is 26.4. The van der Waals surface area contributed by atoms with Gasteiger partial charge in [-0.1, -0.05) is 54.6 Å². The number of benzene rings is 3. The van der Waals surface area contributed by atoms with Crippen LogP contribution < -0.4 is 5.32 Å². The van der Waals surface area contributed by atoms with E-state index in [1.165, 1.54) is 18.0 Å². The Balaban J connectivity index is 1.14. The van der Waals surface area contributed by atoms with Gasteiger partial charge in [-0.3, -0.25) is 14.4 Å². The Hall–Kier alpha value is -4.61. The molecule has 1 aliphatic heterocycles. The maximum absolute atomic E-state index is 12.9. The molecule has 244 valence electrons. The molecule has 2 aromatic heterocycles. The van der Waals surface area contributed by atoms with Gasteiger partial charge >= 0.3 is 6.18 Å². The minimum absolute atomic E-state index is 0.0402. The maximum atomic E-state index is 12.9. The summed E-state index contributed by atoms with van der Waals surface area (Å²) in [7, 11) is 1.61. The van der Waals surface area contributed by atoms with Crippen molar-refractivity contribution in [2.45, 2.75) is 38.5 Å². The zero-order valence-corrected chi connectivity index (χ0v) is 26.4. The molecule has 1 aliphatic rings. The first-order chi connectivity index (χ1) is 22.7. The molecule has 3 aromatic carbocycles. The topological polar surface area (TPSA) is 85.2 Å². The van der Waals surface area contributed by atoms with Crippen molar-refractivity contribution in [2.24, 2.45) is 5.92 Å². The molecule has 0 spiro atoms. The lowest BCUT2D eigenvalue weighted by atomic mass is 9.90. The van der Waals surface area contributed by atoms with Gasteiger partial charge in [0.25, 0.3) is 5.91 Å². The van der Waals surface area contributed by atoms with E-state index in [1.54, 1.807) is 7.11 Å². The quantitative estimate of drug-likeness (QED) is 0.171. The highest BCUT2D eigenvalue weighted by Crippen LogP contribution is 2.34. The Morgan fingerprint density at radius 2 is 1.64 bits per heavy atom. The molecule has 1 saturated heterocycles. The van der Waals surface area contributed by atoms with E-state index in [-0.39, 0.29) is 11.9 Å². The van der Waals surface area contributed by atoms with E-state index >= 15 is 0 Å². The summed E-state index contributed by atoms with van der Waals surface area (Å²) in [5.41, 5.74) is 6.03. The predicted octanol–water partition coefficient (Wildman–Crippen LogP) is 6.70. The standard InChI is InChI=1S/C36H37F3N6O2/c1-24-30(34(46)40-16-19-47-2)12-13-32-31(24)23-45(43-32)22-25-14-17-44(18-15-25)33(27-6-4-3-5-7-27)28-10-8-26(9-11-28)29-20-41-35(42-21-29)36(37,38)39/h3-13,20-21,23,25,33H,14-19,22H2,1-2H3,(H,40,46). The molecule has 8 nitrogen and oxygen atoms in total. The Labute approximate surface area is 271 Å². The fourth-order valence-electron chi connectivity index (χ4n) is 6.37. The fraction of sp³-hybridized carbons (Fsp3) is 0.333. The summed E-state index contributed by atoms with van der Waals surface area (Å²) in [6.07, 6.45) is 1.93. The largest absolute Gasteiger partial charge is 0.451 e. The summed E-state index contributed by atoms with van der Waals surface area (Å²) in [5, 5.41) is 8.71. The second kappa shape index (κ2) is 14.0. The van der Waals surface area contributed by atoms with E-state index < -0.39 is 12.0 Å². The van der Waals surface area contributed by atoms with Gasteiger partial charge in [-0.05, 0) is 73.2 Å². The van der Waals surface area contributed by atoms with Crippen LogP contribution in [0.2, 0.25) is 0 Å². The van der Waals surface area contributed by atoms with Crippen LogP contribution in [0.1, 0.15) is 51.8 Å². The molecular weight excluding hydrogens is 605 g/mol. The molecule has 11 heteroatoms. The normalized spacial score (nSPS) is 15.2. The van der Waals surface area contributed by atoms with Crippen LogP contribution in [-0.2, 0) is 17.5 Å². The number of carbonyl (C=O) groups excluding carboxylic acids is 1. The van der Waals surface area contributed by atoms with Crippen molar-refractivity contribution in [2.75, 3.05) is 33.4 Å². The number of halogens is 3. The van der Waals surface area contributed by atoms with E-state index in [0.29, 0.717) is 30.2 Å². The molecular formula is C36H37F3N6O2. The van der Waals surface area contributed by atoms with Crippen LogP contribution >= 0.6 is 0 Å². The van der Waals surface area contributed by atoms with Gasteiger partial charge in [-0.25, -0.2) is 9.97 Å². The predicted molar refractivity (Wildman–Crippen MR) is 174 cm³/mol. The number of nitrogens with zero attached hydrogens (tertiary/aromatic N) is 5. The van der Waals surface area contributed by atoms with E-state index in [2.05, 4.69) is 38.5 Å². The fourth-order valence-corrected chi connectivity index (χ4v) is 6.37. The van der Waals surface area contributed by atoms with Crippen molar-refractivity contribution < 1.29 is 22.7 Å². The Morgan fingerprint density at radius 1 is 0.957 bits per heavy atom. The third-order valence-corrected chi connectivity index (χ3v) is 8.88. The average Bonchev–Trinajstić information content (AvgIpc) is 3.50. The third-order valence-electron chi connectivity index (χ3n) is 8.88. The summed E-state index contributed by atoms with van der Waals surface area (Å²) in [6, 6.07) is 22.1. The molecule has 1 amide bonds. The highest BCUT2D eigenvalue weighted by molar-refractivity contribution is 6.00. The van der Waals surface area contributed by atoms with Gasteiger partial charge in [0.05, 0.1) is 18.2 Å². The molecule has 0 aliphatic carbocycles. The molecule has 1 atom stereocenters. The van der Waals surface area contributed by atoms with Crippen LogP contribution in [0.5, 0.6) is 0 Å². The number of likely N-dealkylation sites (tertiary alicyclic amines) is 1. The van der Waals surface area contributed by atoms with Crippen LogP contribution in [0.4, 0.5) is 13.2 Å². The van der Waals surface area contributed by atoms with Crippen LogP contribution in [0.15, 0.2) is 85.3 Å². The number of ether oxygens (including phenoxy) is 1. The van der Waals surface area contributed by atoms with Crippen molar-refractivity contribution in [3.8, 4) is 11.1 Å². The van der Waals surface area contributed by atoms with E-state index in [0.717, 1.165) is 60.1 Å². The SMILES string of the molecule is COCCNC(=O)c1ccc2nn(CC3CCN(C(c4ccccc4)c4ccc(-c5cnc(C(F)(F)F)nc5)cc4)CC3)cc2c1C. The zero-order chi connectivity index (χ0) is 33.0. The lowest BCUT2D eigenvalue weighted by molar-refractivity contribution is -0.145. The summed E-state index contributed by atoms with van der Waals surface area (Å²) < 4.78 is 45.8. The van der Waals surface area contributed by atoms with Crippen molar-refractivity contribution >= 4 is 16.8 Å². The first kappa shape index (κ1) is 32.3. The molecule has 0 bridgehead atoms. The van der Waals surface area contributed by atoms with Crippen molar-refractivity contribution in [3.05, 3.63) is 113 Å². The van der Waals surface area contributed by atoms with Crippen molar-refractivity contribution in [1.82, 2.24) is 30.0 Å². The molecule has 1 unspecified atom stereocenters. The number of rotatable bonds is 10. The number of aromatic nitrogens is 4. The number of piperidine rings is 1. The number of alkyl halides is 3. The van der Waals surface area contributed by atoms with Crippen LogP contribution in [0.3, 0.4) is 0 Å². The first-order valence-electron chi connectivity index (χ1n) is 15.7. The molecule has 1 fully saturated rings. The number of methoxy groups -OCH3 is 1. The highest BCUT2D eigenvalue weighted by atomic mass is 19.4. The van der Waals surface area contributed by atoms with Gasteiger partial charge in [0.15, 0.2) is 0 Å². The minimum atomic E-state index is -4.57. The van der Waals surface area contributed by atoms with Crippen LogP contribution in [0, 0.1) is 12.8 Å². The number of fused-ring (bicyclic) bond motifs is 1. The smallest absolute Gasteiger partial charge is 0.383 e. The lowest BCUT2D eigenvalue weighted by Crippen LogP contribution is -2.38. The monoisotopic (exact) mass is 642 g/mol. The van der Waals surface area contributed by atoms with Crippen LogP contribution in [0.25, 0.3) is 22.0 Å². The van der Waals surface area contributed by atoms with Crippen molar-refractivity contribution in [3.63, 3.8) is 0 Å². The first-order valence-corrected chi connectivity index (χ1v) is 15.7. The molecule has 6 rings (SSSR count). The number of hydrogen-bond acceptors (Lipinski definition) is 6. The number of nitrogens with one attached hydrogen (secondary N) is 1. The minimum Gasteiger partial charge on any atom is -0.383 e. The van der Waals surface area contributed by atoms with E-state index in [4.69, 9.17) is 9.84 Å². The van der Waals surface area contributed by atoms with E-state index in [9.17, 15) is 18.0 Å². The second-order valence-corrected chi connectivity index (χ2v) is 12.0. The maximum Gasteiger partial charge on any atom is 0.451 e. The molecule has 5 aromatic rings. The number of amides is 1. The molecule has 0 radical (unpaired) electrons.